The Kier molecular flexibility index (Phi) is 8.33. The molecule has 3 aromatic carbocycles. The van der Waals surface area contributed by atoms with Gasteiger partial charge in [-0.05, 0) is 37.6 Å². The number of rotatable bonds is 9. The van der Waals surface area contributed by atoms with Crippen LogP contribution in [0, 0.1) is 6.92 Å². The smallest absolute Gasteiger partial charge is 0.342 e. The first kappa shape index (κ1) is 24.6. The molecule has 1 heterocycles. The quantitative estimate of drug-likeness (QED) is 0.335. The van der Waals surface area contributed by atoms with E-state index < -0.39 is 6.10 Å². The Labute approximate surface area is 198 Å². The Balaban J connectivity index is 0.00000306. The highest BCUT2D eigenvalue weighted by Gasteiger charge is 2.21. The number of halogens is 1. The molecule has 0 aliphatic rings. The van der Waals surface area contributed by atoms with Gasteiger partial charge in [-0.15, -0.1) is 12.4 Å². The minimum Gasteiger partial charge on any atom is -0.490 e. The fourth-order valence-electron chi connectivity index (χ4n) is 3.81. The van der Waals surface area contributed by atoms with Crippen molar-refractivity contribution in [1.29, 1.82) is 0 Å². The highest BCUT2D eigenvalue weighted by atomic mass is 35.5. The summed E-state index contributed by atoms with van der Waals surface area (Å²) in [6.07, 6.45) is -0.654. The summed E-state index contributed by atoms with van der Waals surface area (Å²) in [7, 11) is 0. The third-order valence-corrected chi connectivity index (χ3v) is 5.31. The van der Waals surface area contributed by atoms with Crippen LogP contribution in [0.25, 0.3) is 21.7 Å². The fourth-order valence-corrected chi connectivity index (χ4v) is 3.81. The van der Waals surface area contributed by atoms with Gasteiger partial charge in [0.15, 0.2) is 0 Å². The van der Waals surface area contributed by atoms with Crippen LogP contribution in [0.2, 0.25) is 0 Å². The van der Waals surface area contributed by atoms with Crippen LogP contribution in [-0.4, -0.2) is 36.9 Å². The van der Waals surface area contributed by atoms with Crippen LogP contribution in [0.1, 0.15) is 28.6 Å². The van der Waals surface area contributed by atoms with Crippen molar-refractivity contribution in [2.45, 2.75) is 26.5 Å². The molecule has 1 unspecified atom stereocenters. The van der Waals surface area contributed by atoms with Gasteiger partial charge in [0.1, 0.15) is 35.4 Å². The predicted octanol–water partition coefficient (Wildman–Crippen LogP) is 5.02. The summed E-state index contributed by atoms with van der Waals surface area (Å²) in [6, 6.07) is 19.5. The molecular weight excluding hydrogens is 442 g/mol. The molecule has 4 aromatic rings. The average Bonchev–Trinajstić information content (AvgIpc) is 3.15. The van der Waals surface area contributed by atoms with Gasteiger partial charge in [0.05, 0.1) is 6.61 Å². The molecule has 33 heavy (non-hydrogen) atoms. The van der Waals surface area contributed by atoms with Gasteiger partial charge in [-0.3, -0.25) is 0 Å². The Morgan fingerprint density at radius 1 is 1.03 bits per heavy atom. The van der Waals surface area contributed by atoms with E-state index in [1.807, 2.05) is 60.7 Å². The molecule has 0 radical (unpaired) electrons. The zero-order chi connectivity index (χ0) is 22.5. The molecule has 0 fully saturated rings. The summed E-state index contributed by atoms with van der Waals surface area (Å²) in [4.78, 5) is 12.4. The van der Waals surface area contributed by atoms with E-state index in [-0.39, 0.29) is 25.0 Å². The Morgan fingerprint density at radius 2 is 1.79 bits per heavy atom. The van der Waals surface area contributed by atoms with Gasteiger partial charge >= 0.3 is 5.97 Å². The molecule has 174 valence electrons. The lowest BCUT2D eigenvalue weighted by molar-refractivity contribution is 0.0526. The van der Waals surface area contributed by atoms with Crippen LogP contribution in [0.4, 0.5) is 0 Å². The van der Waals surface area contributed by atoms with Gasteiger partial charge in [0.2, 0.25) is 0 Å². The lowest BCUT2D eigenvalue weighted by Gasteiger charge is -2.15. The minimum atomic E-state index is -0.654. The van der Waals surface area contributed by atoms with Crippen molar-refractivity contribution in [2.75, 3.05) is 19.8 Å². The van der Waals surface area contributed by atoms with Gasteiger partial charge in [0, 0.05) is 29.2 Å². The normalized spacial score (nSPS) is 11.8. The van der Waals surface area contributed by atoms with Crippen molar-refractivity contribution in [3.63, 3.8) is 0 Å². The summed E-state index contributed by atoms with van der Waals surface area (Å²) in [5.74, 6) is 0.789. The molecule has 1 atom stereocenters. The van der Waals surface area contributed by atoms with Crippen molar-refractivity contribution in [3.05, 3.63) is 77.6 Å². The van der Waals surface area contributed by atoms with Crippen molar-refractivity contribution in [2.24, 2.45) is 0 Å². The molecule has 0 spiro atoms. The van der Waals surface area contributed by atoms with Crippen molar-refractivity contribution < 1.29 is 23.8 Å². The highest BCUT2D eigenvalue weighted by molar-refractivity contribution is 6.13. The van der Waals surface area contributed by atoms with E-state index in [0.717, 1.165) is 21.7 Å². The summed E-state index contributed by atoms with van der Waals surface area (Å²) < 4.78 is 17.1. The number of furan rings is 1. The lowest BCUT2D eigenvalue weighted by atomic mass is 10.0. The maximum Gasteiger partial charge on any atom is 0.342 e. The van der Waals surface area contributed by atoms with Gasteiger partial charge in [-0.2, -0.15) is 0 Å². The third-order valence-electron chi connectivity index (χ3n) is 5.31. The van der Waals surface area contributed by atoms with Gasteiger partial charge < -0.3 is 24.3 Å². The Bertz CT molecular complexity index is 1220. The van der Waals surface area contributed by atoms with Gasteiger partial charge in [0.25, 0.3) is 0 Å². The number of hydrogen-bond donors (Lipinski definition) is 2. The first-order valence-corrected chi connectivity index (χ1v) is 10.8. The maximum absolute atomic E-state index is 12.4. The molecule has 0 saturated heterocycles. The lowest BCUT2D eigenvalue weighted by Crippen LogP contribution is -2.31. The molecule has 0 aliphatic heterocycles. The van der Waals surface area contributed by atoms with E-state index in [9.17, 15) is 9.90 Å². The number of benzene rings is 3. The number of carbonyl (C=O) groups excluding carboxylic acids is 1. The Morgan fingerprint density at radius 3 is 2.55 bits per heavy atom. The van der Waals surface area contributed by atoms with Crippen molar-refractivity contribution in [1.82, 2.24) is 5.32 Å². The summed E-state index contributed by atoms with van der Waals surface area (Å²) in [6.45, 7) is 5.11. The molecule has 0 aliphatic carbocycles. The van der Waals surface area contributed by atoms with E-state index in [0.29, 0.717) is 42.4 Å². The second-order valence-electron chi connectivity index (χ2n) is 7.63. The van der Waals surface area contributed by atoms with Crippen molar-refractivity contribution in [3.8, 4) is 5.75 Å². The van der Waals surface area contributed by atoms with Crippen molar-refractivity contribution >= 4 is 40.1 Å². The molecule has 1 aromatic heterocycles. The van der Waals surface area contributed by atoms with Crippen LogP contribution in [0.3, 0.4) is 0 Å². The number of fused-ring (bicyclic) bond motifs is 3. The summed E-state index contributed by atoms with van der Waals surface area (Å²) in [5.41, 5.74) is 2.24. The molecule has 2 N–H and O–H groups in total. The molecule has 0 amide bonds. The highest BCUT2D eigenvalue weighted by Crippen LogP contribution is 2.36. The van der Waals surface area contributed by atoms with E-state index in [4.69, 9.17) is 13.9 Å². The summed E-state index contributed by atoms with van der Waals surface area (Å²) >= 11 is 0. The number of aryl methyl sites for hydroxylation is 1. The standard InChI is InChI=1S/C26H27NO5.ClH/c1-3-30-26(29)24-17(2)32-25-21-10-7-11-23(20(21)12-13-22(24)25)31-16-19(28)15-27-14-18-8-5-4-6-9-18;/h4-13,19,27-28H,3,14-16H2,1-2H3;1H. The molecule has 0 saturated carbocycles. The number of hydrogen-bond acceptors (Lipinski definition) is 6. The predicted molar refractivity (Wildman–Crippen MR) is 131 cm³/mol. The van der Waals surface area contributed by atoms with E-state index in [1.54, 1.807) is 13.8 Å². The maximum atomic E-state index is 12.4. The molecule has 0 bridgehead atoms. The largest absolute Gasteiger partial charge is 0.490 e. The zero-order valence-electron chi connectivity index (χ0n) is 18.7. The minimum absolute atomic E-state index is 0. The molecular formula is C26H28ClNO5. The fraction of sp³-hybridized carbons (Fsp3) is 0.269. The van der Waals surface area contributed by atoms with Crippen LogP contribution in [0.15, 0.2) is 65.1 Å². The SMILES string of the molecule is CCOC(=O)c1c(C)oc2c1ccc1c(OCC(O)CNCc3ccccc3)cccc12.Cl. The number of aliphatic hydroxyl groups is 1. The zero-order valence-corrected chi connectivity index (χ0v) is 19.5. The molecule has 6 nitrogen and oxygen atoms in total. The number of ether oxygens (including phenoxy) is 2. The van der Waals surface area contributed by atoms with Crippen LogP contribution in [0.5, 0.6) is 5.75 Å². The molecule has 7 heteroatoms. The summed E-state index contributed by atoms with van der Waals surface area (Å²) in [5, 5.41) is 16.0. The third kappa shape index (κ3) is 5.47. The number of aliphatic hydroxyl groups excluding tert-OH is 1. The van der Waals surface area contributed by atoms with E-state index in [1.165, 1.54) is 0 Å². The van der Waals surface area contributed by atoms with Crippen LogP contribution in [-0.2, 0) is 11.3 Å². The first-order chi connectivity index (χ1) is 15.6. The first-order valence-electron chi connectivity index (χ1n) is 10.8. The number of esters is 1. The number of nitrogens with one attached hydrogen (secondary N) is 1. The molecule has 4 rings (SSSR count). The van der Waals surface area contributed by atoms with Gasteiger partial charge in [-0.1, -0.05) is 42.5 Å². The monoisotopic (exact) mass is 469 g/mol. The van der Waals surface area contributed by atoms with Crippen LogP contribution < -0.4 is 10.1 Å². The second-order valence-corrected chi connectivity index (χ2v) is 7.63. The van der Waals surface area contributed by atoms with E-state index >= 15 is 0 Å². The second kappa shape index (κ2) is 11.2. The average molecular weight is 470 g/mol. The van der Waals surface area contributed by atoms with Gasteiger partial charge in [-0.25, -0.2) is 4.79 Å². The van der Waals surface area contributed by atoms with Crippen LogP contribution >= 0.6 is 12.4 Å². The topological polar surface area (TPSA) is 80.9 Å². The Hall–Kier alpha value is -3.06. The van der Waals surface area contributed by atoms with E-state index in [2.05, 4.69) is 5.32 Å². The number of carbonyl (C=O) groups is 1.